The number of benzene rings is 1. The molecule has 0 bridgehead atoms. The first-order chi connectivity index (χ1) is 15.6. The molecule has 3 heterocycles. The molecule has 1 aliphatic heterocycles. The molecule has 0 atom stereocenters. The van der Waals surface area contributed by atoms with Gasteiger partial charge in [-0.2, -0.15) is 4.31 Å². The number of nitrogens with one attached hydrogen (secondary N) is 1. The van der Waals surface area contributed by atoms with Gasteiger partial charge < -0.3 is 5.32 Å². The summed E-state index contributed by atoms with van der Waals surface area (Å²) in [4.78, 5) is 11.6. The zero-order valence-corrected chi connectivity index (χ0v) is 20.7. The number of fused-ring (bicyclic) bond motifs is 1. The van der Waals surface area contributed by atoms with Crippen molar-refractivity contribution < 1.29 is 8.42 Å². The lowest BCUT2D eigenvalue weighted by Crippen LogP contribution is -2.49. The Kier molecular flexibility index (Phi) is 6.70. The zero-order chi connectivity index (χ0) is 23.6. The highest BCUT2D eigenvalue weighted by molar-refractivity contribution is 7.89. The average Bonchev–Trinajstić information content (AvgIpc) is 2.79. The minimum Gasteiger partial charge on any atom is -0.369 e. The van der Waals surface area contributed by atoms with E-state index in [-0.39, 0.29) is 5.41 Å². The van der Waals surface area contributed by atoms with Crippen molar-refractivity contribution in [1.82, 2.24) is 19.2 Å². The van der Waals surface area contributed by atoms with Crippen molar-refractivity contribution in [1.29, 1.82) is 0 Å². The number of nitrogens with zero attached hydrogens (tertiary/aromatic N) is 4. The molecule has 8 heteroatoms. The third-order valence-electron chi connectivity index (χ3n) is 6.24. The van der Waals surface area contributed by atoms with Gasteiger partial charge in [0.05, 0.1) is 10.4 Å². The van der Waals surface area contributed by atoms with Gasteiger partial charge in [0.25, 0.3) is 0 Å². The van der Waals surface area contributed by atoms with Crippen LogP contribution in [0.3, 0.4) is 0 Å². The molecule has 1 aromatic carbocycles. The van der Waals surface area contributed by atoms with Crippen LogP contribution in [0.2, 0.25) is 0 Å². The van der Waals surface area contributed by atoms with Gasteiger partial charge in [-0.25, -0.2) is 13.4 Å². The number of anilines is 1. The van der Waals surface area contributed by atoms with Gasteiger partial charge in [0.1, 0.15) is 5.82 Å². The molecule has 2 aromatic heterocycles. The number of hydrogen-bond acceptors (Lipinski definition) is 6. The second kappa shape index (κ2) is 9.37. The average molecular weight is 468 g/mol. The highest BCUT2D eigenvalue weighted by atomic mass is 32.2. The van der Waals surface area contributed by atoms with Crippen molar-refractivity contribution in [2.45, 2.75) is 38.0 Å². The molecular formula is C25H33N5O2S. The van der Waals surface area contributed by atoms with Gasteiger partial charge in [-0.1, -0.05) is 32.9 Å². The molecule has 0 aliphatic carbocycles. The maximum atomic E-state index is 13.1. The number of sulfonamides is 1. The van der Waals surface area contributed by atoms with Gasteiger partial charge in [-0.05, 0) is 48.2 Å². The van der Waals surface area contributed by atoms with Crippen molar-refractivity contribution in [3.63, 3.8) is 0 Å². The highest BCUT2D eigenvalue weighted by Gasteiger charge is 2.28. The smallest absolute Gasteiger partial charge is 0.243 e. The molecular weight excluding hydrogens is 434 g/mol. The van der Waals surface area contributed by atoms with E-state index in [4.69, 9.17) is 0 Å². The Hall–Kier alpha value is -2.55. The molecule has 0 amide bonds. The molecule has 3 aromatic rings. The Bertz CT molecular complexity index is 1210. The van der Waals surface area contributed by atoms with E-state index in [2.05, 4.69) is 41.0 Å². The largest absolute Gasteiger partial charge is 0.369 e. The van der Waals surface area contributed by atoms with Crippen LogP contribution in [0.25, 0.3) is 10.9 Å². The zero-order valence-electron chi connectivity index (χ0n) is 19.9. The minimum absolute atomic E-state index is 0.000468. The van der Waals surface area contributed by atoms with E-state index < -0.39 is 10.0 Å². The van der Waals surface area contributed by atoms with Crippen LogP contribution in [0.1, 0.15) is 32.0 Å². The third kappa shape index (κ3) is 5.34. The lowest BCUT2D eigenvalue weighted by Gasteiger charge is -2.34. The molecule has 1 N–H and O–H groups in total. The summed E-state index contributed by atoms with van der Waals surface area (Å²) < 4.78 is 27.7. The molecule has 0 radical (unpaired) electrons. The molecule has 0 saturated carbocycles. The van der Waals surface area contributed by atoms with Crippen molar-refractivity contribution in [3.05, 3.63) is 59.9 Å². The van der Waals surface area contributed by atoms with E-state index in [1.54, 1.807) is 22.6 Å². The SMILES string of the molecule is Cc1nccc2nc(NCCN3CCN(S(=O)(=O)c4ccc(C(C)(C)C)cc4)CC3)ccc12. The summed E-state index contributed by atoms with van der Waals surface area (Å²) in [7, 11) is -3.46. The van der Waals surface area contributed by atoms with Gasteiger partial charge >= 0.3 is 0 Å². The van der Waals surface area contributed by atoms with E-state index >= 15 is 0 Å². The maximum absolute atomic E-state index is 13.1. The Morgan fingerprint density at radius 2 is 1.67 bits per heavy atom. The quantitative estimate of drug-likeness (QED) is 0.596. The van der Waals surface area contributed by atoms with Gasteiger partial charge in [0.15, 0.2) is 0 Å². The number of rotatable bonds is 6. The second-order valence-corrected chi connectivity index (χ2v) is 11.5. The van der Waals surface area contributed by atoms with E-state index in [0.717, 1.165) is 54.2 Å². The molecule has 1 aliphatic rings. The number of aryl methyl sites for hydroxylation is 1. The van der Waals surface area contributed by atoms with Gasteiger partial charge in [-0.15, -0.1) is 0 Å². The second-order valence-electron chi connectivity index (χ2n) is 9.61. The highest BCUT2D eigenvalue weighted by Crippen LogP contribution is 2.25. The Labute approximate surface area is 196 Å². The topological polar surface area (TPSA) is 78.4 Å². The van der Waals surface area contributed by atoms with Crippen molar-refractivity contribution in [2.75, 3.05) is 44.6 Å². The predicted octanol–water partition coefficient (Wildman–Crippen LogP) is 3.65. The Morgan fingerprint density at radius 3 is 2.33 bits per heavy atom. The summed E-state index contributed by atoms with van der Waals surface area (Å²) in [6, 6.07) is 13.3. The molecule has 7 nitrogen and oxygen atoms in total. The van der Waals surface area contributed by atoms with Crippen LogP contribution in [0.5, 0.6) is 0 Å². The van der Waals surface area contributed by atoms with Crippen LogP contribution >= 0.6 is 0 Å². The fourth-order valence-corrected chi connectivity index (χ4v) is 5.53. The minimum atomic E-state index is -3.46. The molecule has 1 saturated heterocycles. The first-order valence-corrected chi connectivity index (χ1v) is 12.9. The summed E-state index contributed by atoms with van der Waals surface area (Å²) in [6.07, 6.45) is 1.78. The monoisotopic (exact) mass is 467 g/mol. The van der Waals surface area contributed by atoms with E-state index in [0.29, 0.717) is 18.0 Å². The Balaban J connectivity index is 1.29. The lowest BCUT2D eigenvalue weighted by molar-refractivity contribution is 0.194. The van der Waals surface area contributed by atoms with Crippen LogP contribution in [-0.4, -0.2) is 66.9 Å². The summed E-state index contributed by atoms with van der Waals surface area (Å²) in [5.74, 6) is 0.841. The lowest BCUT2D eigenvalue weighted by atomic mass is 9.87. The van der Waals surface area contributed by atoms with Crippen LogP contribution in [0.15, 0.2) is 53.6 Å². The molecule has 1 fully saturated rings. The number of aromatic nitrogens is 2. The van der Waals surface area contributed by atoms with Crippen molar-refractivity contribution in [3.8, 4) is 0 Å². The fourth-order valence-electron chi connectivity index (χ4n) is 4.11. The van der Waals surface area contributed by atoms with E-state index in [9.17, 15) is 8.42 Å². The first kappa shape index (κ1) is 23.6. The summed E-state index contributed by atoms with van der Waals surface area (Å²) in [5.41, 5.74) is 3.04. The molecule has 4 rings (SSSR count). The van der Waals surface area contributed by atoms with Gasteiger partial charge in [-0.3, -0.25) is 9.88 Å². The summed E-state index contributed by atoms with van der Waals surface area (Å²) in [5, 5.41) is 4.45. The summed E-state index contributed by atoms with van der Waals surface area (Å²) >= 11 is 0. The molecule has 0 unspecified atom stereocenters. The van der Waals surface area contributed by atoms with Crippen LogP contribution in [0.4, 0.5) is 5.82 Å². The normalized spacial score (nSPS) is 16.2. The molecule has 33 heavy (non-hydrogen) atoms. The third-order valence-corrected chi connectivity index (χ3v) is 8.15. The molecule has 176 valence electrons. The maximum Gasteiger partial charge on any atom is 0.243 e. The first-order valence-electron chi connectivity index (χ1n) is 11.4. The predicted molar refractivity (Wildman–Crippen MR) is 133 cm³/mol. The number of hydrogen-bond donors (Lipinski definition) is 1. The Morgan fingerprint density at radius 1 is 0.970 bits per heavy atom. The van der Waals surface area contributed by atoms with Gasteiger partial charge in [0.2, 0.25) is 10.0 Å². The van der Waals surface area contributed by atoms with Crippen LogP contribution in [0, 0.1) is 6.92 Å². The summed E-state index contributed by atoms with van der Waals surface area (Å²) in [6.45, 7) is 12.4. The number of piperazine rings is 1. The van der Waals surface area contributed by atoms with Crippen molar-refractivity contribution >= 4 is 26.7 Å². The molecule has 0 spiro atoms. The van der Waals surface area contributed by atoms with Crippen molar-refractivity contribution in [2.24, 2.45) is 0 Å². The standard InChI is InChI=1S/C25H33N5O2S/c1-19-22-9-10-24(28-23(22)11-12-26-19)27-13-14-29-15-17-30(18-16-29)33(31,32)21-7-5-20(6-8-21)25(2,3)4/h5-12H,13-18H2,1-4H3,(H,27,28). The van der Waals surface area contributed by atoms with Crippen LogP contribution in [-0.2, 0) is 15.4 Å². The van der Waals surface area contributed by atoms with E-state index in [1.165, 1.54) is 0 Å². The fraction of sp³-hybridized carbons (Fsp3) is 0.440. The van der Waals surface area contributed by atoms with Crippen LogP contribution < -0.4 is 5.32 Å². The van der Waals surface area contributed by atoms with Gasteiger partial charge in [0, 0.05) is 56.5 Å². The van der Waals surface area contributed by atoms with E-state index in [1.807, 2.05) is 37.3 Å². The number of pyridine rings is 2.